The zero-order valence-electron chi connectivity index (χ0n) is 14.3. The lowest BCUT2D eigenvalue weighted by Gasteiger charge is -2.20. The van der Waals surface area contributed by atoms with Gasteiger partial charge in [-0.05, 0) is 24.1 Å². The number of aromatic nitrogens is 2. The Morgan fingerprint density at radius 1 is 1.25 bits per heavy atom. The third kappa shape index (κ3) is 4.04. The number of rotatable bonds is 7. The lowest BCUT2D eigenvalue weighted by atomic mass is 10.2. The highest BCUT2D eigenvalue weighted by Crippen LogP contribution is 2.20. The summed E-state index contributed by atoms with van der Waals surface area (Å²) in [5.74, 6) is 0.898. The molecule has 0 unspecified atom stereocenters. The second kappa shape index (κ2) is 8.13. The molecule has 1 aliphatic heterocycles. The Bertz CT molecular complexity index is 664. The van der Waals surface area contributed by atoms with Crippen molar-refractivity contribution in [3.63, 3.8) is 0 Å². The van der Waals surface area contributed by atoms with Crippen molar-refractivity contribution < 1.29 is 9.47 Å². The van der Waals surface area contributed by atoms with Gasteiger partial charge in [-0.1, -0.05) is 18.2 Å². The SMILES string of the molecule is C=CCOCc1ncn2c1CN(Cc1ccc(OC)cc1)CCC2. The van der Waals surface area contributed by atoms with E-state index in [0.29, 0.717) is 13.2 Å². The normalized spacial score (nSPS) is 14.9. The first-order valence-corrected chi connectivity index (χ1v) is 8.37. The molecule has 1 aromatic heterocycles. The van der Waals surface area contributed by atoms with E-state index < -0.39 is 0 Å². The van der Waals surface area contributed by atoms with Crippen molar-refractivity contribution >= 4 is 0 Å². The fraction of sp³-hybridized carbons (Fsp3) is 0.421. The van der Waals surface area contributed by atoms with Gasteiger partial charge in [-0.2, -0.15) is 0 Å². The molecule has 0 bridgehead atoms. The molecule has 1 aliphatic rings. The summed E-state index contributed by atoms with van der Waals surface area (Å²) < 4.78 is 13.1. The number of aryl methyl sites for hydroxylation is 1. The van der Waals surface area contributed by atoms with Crippen LogP contribution in [0, 0.1) is 0 Å². The fourth-order valence-electron chi connectivity index (χ4n) is 3.06. The van der Waals surface area contributed by atoms with Gasteiger partial charge in [-0.25, -0.2) is 4.98 Å². The highest BCUT2D eigenvalue weighted by molar-refractivity contribution is 5.27. The number of methoxy groups -OCH3 is 1. The summed E-state index contributed by atoms with van der Waals surface area (Å²) in [5, 5.41) is 0. The summed E-state index contributed by atoms with van der Waals surface area (Å²) in [4.78, 5) is 7.01. The van der Waals surface area contributed by atoms with Gasteiger partial charge in [0.05, 0.1) is 38.0 Å². The summed E-state index contributed by atoms with van der Waals surface area (Å²) in [5.41, 5.74) is 3.61. The molecule has 0 fully saturated rings. The Hall–Kier alpha value is -2.11. The second-order valence-electron chi connectivity index (χ2n) is 6.05. The zero-order chi connectivity index (χ0) is 16.8. The summed E-state index contributed by atoms with van der Waals surface area (Å²) in [6.45, 7) is 8.72. The Labute approximate surface area is 143 Å². The summed E-state index contributed by atoms with van der Waals surface area (Å²) >= 11 is 0. The molecule has 0 atom stereocenters. The number of fused-ring (bicyclic) bond motifs is 1. The van der Waals surface area contributed by atoms with Crippen molar-refractivity contribution in [1.29, 1.82) is 0 Å². The maximum absolute atomic E-state index is 5.59. The van der Waals surface area contributed by atoms with E-state index in [1.54, 1.807) is 13.2 Å². The highest BCUT2D eigenvalue weighted by Gasteiger charge is 2.18. The lowest BCUT2D eigenvalue weighted by Crippen LogP contribution is -2.23. The van der Waals surface area contributed by atoms with Gasteiger partial charge in [0.1, 0.15) is 5.75 Å². The summed E-state index contributed by atoms with van der Waals surface area (Å²) in [6.07, 6.45) is 4.84. The Morgan fingerprint density at radius 2 is 2.08 bits per heavy atom. The number of ether oxygens (including phenoxy) is 2. The first-order valence-electron chi connectivity index (χ1n) is 8.37. The molecular formula is C19H25N3O2. The molecule has 3 rings (SSSR count). The molecule has 2 heterocycles. The summed E-state index contributed by atoms with van der Waals surface area (Å²) in [6, 6.07) is 8.31. The van der Waals surface area contributed by atoms with Crippen LogP contribution >= 0.6 is 0 Å². The van der Waals surface area contributed by atoms with Crippen molar-refractivity contribution in [2.45, 2.75) is 32.7 Å². The van der Waals surface area contributed by atoms with Crippen molar-refractivity contribution in [2.75, 3.05) is 20.3 Å². The van der Waals surface area contributed by atoms with Crippen LogP contribution in [0.5, 0.6) is 5.75 Å². The first-order chi connectivity index (χ1) is 11.8. The van der Waals surface area contributed by atoms with E-state index >= 15 is 0 Å². The van der Waals surface area contributed by atoms with Crippen LogP contribution in [0.25, 0.3) is 0 Å². The van der Waals surface area contributed by atoms with E-state index in [1.165, 1.54) is 11.3 Å². The monoisotopic (exact) mass is 327 g/mol. The van der Waals surface area contributed by atoms with E-state index in [-0.39, 0.29) is 0 Å². The second-order valence-corrected chi connectivity index (χ2v) is 6.05. The van der Waals surface area contributed by atoms with Crippen LogP contribution < -0.4 is 4.74 Å². The van der Waals surface area contributed by atoms with Gasteiger partial charge in [-0.15, -0.1) is 6.58 Å². The lowest BCUT2D eigenvalue weighted by molar-refractivity contribution is 0.144. The minimum Gasteiger partial charge on any atom is -0.497 e. The van der Waals surface area contributed by atoms with Crippen LogP contribution in [0.2, 0.25) is 0 Å². The predicted molar refractivity (Wildman–Crippen MR) is 93.8 cm³/mol. The van der Waals surface area contributed by atoms with Gasteiger partial charge in [-0.3, -0.25) is 4.90 Å². The van der Waals surface area contributed by atoms with Crippen LogP contribution in [-0.4, -0.2) is 34.7 Å². The van der Waals surface area contributed by atoms with Crippen LogP contribution in [-0.2, 0) is 31.0 Å². The number of hydrogen-bond donors (Lipinski definition) is 0. The average molecular weight is 327 g/mol. The molecule has 5 heteroatoms. The van der Waals surface area contributed by atoms with Gasteiger partial charge in [0, 0.05) is 26.2 Å². The average Bonchev–Trinajstić information content (AvgIpc) is 2.86. The molecule has 1 aromatic carbocycles. The molecule has 2 aromatic rings. The molecule has 0 N–H and O–H groups in total. The maximum atomic E-state index is 5.59. The highest BCUT2D eigenvalue weighted by atomic mass is 16.5. The number of hydrogen-bond acceptors (Lipinski definition) is 4. The third-order valence-electron chi connectivity index (χ3n) is 4.32. The Morgan fingerprint density at radius 3 is 2.83 bits per heavy atom. The van der Waals surface area contributed by atoms with E-state index in [0.717, 1.165) is 44.0 Å². The van der Waals surface area contributed by atoms with E-state index in [4.69, 9.17) is 9.47 Å². The summed E-state index contributed by atoms with van der Waals surface area (Å²) in [7, 11) is 1.70. The quantitative estimate of drug-likeness (QED) is 0.579. The van der Waals surface area contributed by atoms with Gasteiger partial charge in [0.25, 0.3) is 0 Å². The smallest absolute Gasteiger partial charge is 0.118 e. The van der Waals surface area contributed by atoms with Gasteiger partial charge in [0.2, 0.25) is 0 Å². The zero-order valence-corrected chi connectivity index (χ0v) is 14.3. The van der Waals surface area contributed by atoms with Crippen molar-refractivity contribution in [3.05, 3.63) is 60.2 Å². The van der Waals surface area contributed by atoms with Crippen molar-refractivity contribution in [2.24, 2.45) is 0 Å². The van der Waals surface area contributed by atoms with E-state index in [2.05, 4.69) is 33.2 Å². The van der Waals surface area contributed by atoms with Crippen molar-refractivity contribution in [3.8, 4) is 5.75 Å². The predicted octanol–water partition coefficient (Wildman–Crippen LogP) is 3.00. The molecule has 128 valence electrons. The molecule has 24 heavy (non-hydrogen) atoms. The van der Waals surface area contributed by atoms with Crippen LogP contribution in [0.4, 0.5) is 0 Å². The van der Waals surface area contributed by atoms with Crippen LogP contribution in [0.15, 0.2) is 43.2 Å². The van der Waals surface area contributed by atoms with E-state index in [9.17, 15) is 0 Å². The van der Waals surface area contributed by atoms with Gasteiger partial charge < -0.3 is 14.0 Å². The van der Waals surface area contributed by atoms with E-state index in [1.807, 2.05) is 18.5 Å². The Balaban J connectivity index is 1.68. The molecule has 0 spiro atoms. The van der Waals surface area contributed by atoms with Gasteiger partial charge >= 0.3 is 0 Å². The standard InChI is InChI=1S/C19H25N3O2/c1-3-11-24-14-18-19-13-21(9-4-10-22(19)15-20-18)12-16-5-7-17(23-2)8-6-16/h3,5-8,15H,1,4,9-14H2,2H3. The molecular weight excluding hydrogens is 302 g/mol. The maximum Gasteiger partial charge on any atom is 0.118 e. The third-order valence-corrected chi connectivity index (χ3v) is 4.32. The fourth-order valence-corrected chi connectivity index (χ4v) is 3.06. The molecule has 0 saturated heterocycles. The molecule has 0 radical (unpaired) electrons. The minimum atomic E-state index is 0.546. The number of nitrogens with zero attached hydrogens (tertiary/aromatic N) is 3. The topological polar surface area (TPSA) is 39.5 Å². The van der Waals surface area contributed by atoms with Crippen molar-refractivity contribution in [1.82, 2.24) is 14.5 Å². The van der Waals surface area contributed by atoms with Crippen LogP contribution in [0.3, 0.4) is 0 Å². The molecule has 0 amide bonds. The number of benzene rings is 1. The van der Waals surface area contributed by atoms with Crippen LogP contribution in [0.1, 0.15) is 23.4 Å². The van der Waals surface area contributed by atoms with Gasteiger partial charge in [0.15, 0.2) is 0 Å². The molecule has 0 saturated carbocycles. The first kappa shape index (κ1) is 16.7. The molecule has 5 nitrogen and oxygen atoms in total. The Kier molecular flexibility index (Phi) is 5.67. The minimum absolute atomic E-state index is 0.546. The number of imidazole rings is 1. The molecule has 0 aliphatic carbocycles. The largest absolute Gasteiger partial charge is 0.497 e.